The average Bonchev–Trinajstić information content (AvgIpc) is 1.68. The summed E-state index contributed by atoms with van der Waals surface area (Å²) < 4.78 is 36.3. The third-order valence-corrected chi connectivity index (χ3v) is 1.00. The summed E-state index contributed by atoms with van der Waals surface area (Å²) in [6, 6.07) is 0. The Hall–Kier alpha value is 0.1000. The van der Waals surface area contributed by atoms with Crippen LogP contribution in [0.3, 0.4) is 0 Å². The van der Waals surface area contributed by atoms with Gasteiger partial charge in [0.1, 0.15) is 0 Å². The predicted octanol–water partition coefficient (Wildman–Crippen LogP) is -1.17. The Kier molecular flexibility index (Phi) is 10.7. The largest absolute Gasteiger partial charge is 1.00 e. The molecule has 2 N–H and O–H groups in total. The highest BCUT2D eigenvalue weighted by Gasteiger charge is 1.69. The van der Waals surface area contributed by atoms with E-state index in [-0.39, 0.29) is 2.85 Å². The van der Waals surface area contributed by atoms with Crippen LogP contribution in [-0.4, -0.2) is 28.0 Å². The molecule has 0 heterocycles. The highest BCUT2D eigenvalue weighted by Crippen LogP contribution is 1.73. The Labute approximate surface area is 57.1 Å². The summed E-state index contributed by atoms with van der Waals surface area (Å²) >= 11 is 0. The topological polar surface area (TPSA) is 130 Å². The van der Waals surface area contributed by atoms with E-state index in [2.05, 4.69) is 5.04 Å². The summed E-state index contributed by atoms with van der Waals surface area (Å²) in [4.78, 5) is 0. The molecule has 2 unspecified atom stereocenters. The van der Waals surface area contributed by atoms with Gasteiger partial charge in [-0.1, -0.05) is 5.04 Å². The summed E-state index contributed by atoms with van der Waals surface area (Å²) in [5.74, 6) is 0. The summed E-state index contributed by atoms with van der Waals surface area (Å²) in [5.41, 5.74) is 0. The van der Waals surface area contributed by atoms with Gasteiger partial charge in [-0.2, -0.15) is 0 Å². The second-order valence-electron chi connectivity index (χ2n) is 0.490. The van der Waals surface area contributed by atoms with E-state index < -0.39 is 20.2 Å². The lowest BCUT2D eigenvalue weighted by Gasteiger charge is -2.04. The van der Waals surface area contributed by atoms with E-state index in [0.717, 1.165) is 0 Å². The van der Waals surface area contributed by atoms with Crippen LogP contribution in [-0.2, 0) is 25.3 Å². The molecule has 58 valence electrons. The maximum atomic E-state index is 9.09. The van der Waals surface area contributed by atoms with Gasteiger partial charge in [0.25, 0.3) is 0 Å². The highest BCUT2D eigenvalue weighted by atomic mass is 33.2. The van der Waals surface area contributed by atoms with Crippen molar-refractivity contribution < 1.29 is 35.9 Å². The van der Waals surface area contributed by atoms with Gasteiger partial charge in [-0.3, -0.25) is 8.42 Å². The van der Waals surface area contributed by atoms with E-state index >= 15 is 0 Å². The fraction of sp³-hybridized carbons (Fsp3) is 0. The zero-order valence-corrected chi connectivity index (χ0v) is 5.39. The van der Waals surface area contributed by atoms with E-state index in [1.54, 1.807) is 0 Å². The van der Waals surface area contributed by atoms with Gasteiger partial charge in [0, 0.05) is 20.2 Å². The van der Waals surface area contributed by atoms with Crippen LogP contribution in [0.4, 0.5) is 0 Å². The minimum Gasteiger partial charge on any atom is -0.763 e. The Bertz CT molecular complexity index is 90.6. The van der Waals surface area contributed by atoms with Crippen molar-refractivity contribution in [3.05, 3.63) is 0 Å². The van der Waals surface area contributed by atoms with Crippen LogP contribution in [0, 0.1) is 0 Å². The molecule has 0 fully saturated rings. The molecule has 0 saturated carbocycles. The standard InChI is InChI=1S/H2O4S2.H2O3/c1-5(2)6(3)4;1-3-2/h(H,1,2)(H,3,4);1-2H. The summed E-state index contributed by atoms with van der Waals surface area (Å²) in [5, 5.41) is 15.5. The minimum absolute atomic E-state index is 0. The van der Waals surface area contributed by atoms with Crippen LogP contribution >= 0.6 is 0 Å². The van der Waals surface area contributed by atoms with Crippen LogP contribution in [0.2, 0.25) is 0 Å². The lowest BCUT2D eigenvalue weighted by Crippen LogP contribution is -1.94. The highest BCUT2D eigenvalue weighted by molar-refractivity contribution is 8.56. The van der Waals surface area contributed by atoms with Gasteiger partial charge in [0.15, 0.2) is 0 Å². The molecule has 0 aliphatic rings. The fourth-order valence-corrected chi connectivity index (χ4v) is 0. The normalized spacial score (nSPS) is 15.1. The molecule has 0 rings (SSSR count). The second kappa shape index (κ2) is 8.10. The van der Waals surface area contributed by atoms with Crippen molar-refractivity contribution in [3.8, 4) is 0 Å². The van der Waals surface area contributed by atoms with Crippen molar-refractivity contribution in [1.29, 1.82) is 0 Å². The van der Waals surface area contributed by atoms with Crippen LogP contribution in [0.1, 0.15) is 2.85 Å². The van der Waals surface area contributed by atoms with Gasteiger partial charge in [0.2, 0.25) is 0 Å². The Balaban J connectivity index is -0.0000000437. The van der Waals surface area contributed by atoms with Gasteiger partial charge in [-0.25, -0.2) is 10.5 Å². The monoisotopic (exact) mass is 180 g/mol. The molecule has 9 heavy (non-hydrogen) atoms. The molecule has 7 nitrogen and oxygen atoms in total. The van der Waals surface area contributed by atoms with Crippen molar-refractivity contribution in [2.24, 2.45) is 0 Å². The first-order valence-corrected chi connectivity index (χ1v) is 3.87. The SMILES string of the molecule is O=S([O-])S(=O)[O-].OOO.[H+].[H+]. The van der Waals surface area contributed by atoms with Crippen molar-refractivity contribution in [2.75, 3.05) is 0 Å². The first kappa shape index (κ1) is 11.8. The molecule has 9 heteroatoms. The molecule has 0 bridgehead atoms. The van der Waals surface area contributed by atoms with Crippen molar-refractivity contribution in [1.82, 2.24) is 0 Å². The van der Waals surface area contributed by atoms with Crippen LogP contribution < -0.4 is 0 Å². The summed E-state index contributed by atoms with van der Waals surface area (Å²) in [6.07, 6.45) is 0. The number of hydrogen-bond acceptors (Lipinski definition) is 7. The molecule has 0 saturated heterocycles. The van der Waals surface area contributed by atoms with E-state index in [1.165, 1.54) is 0 Å². The lowest BCUT2D eigenvalue weighted by molar-refractivity contribution is -0.465. The zero-order valence-electron chi connectivity index (χ0n) is 5.75. The van der Waals surface area contributed by atoms with E-state index in [0.29, 0.717) is 0 Å². The third-order valence-electron chi connectivity index (χ3n) is 0.111. The molecular weight excluding hydrogens is 176 g/mol. The summed E-state index contributed by atoms with van der Waals surface area (Å²) in [7, 11) is -5.90. The van der Waals surface area contributed by atoms with E-state index in [1.807, 2.05) is 0 Å². The average molecular weight is 180 g/mol. The maximum absolute atomic E-state index is 9.09. The number of rotatable bonds is 1. The fourth-order valence-electron chi connectivity index (χ4n) is 0. The molecule has 0 amide bonds. The Morgan fingerprint density at radius 2 is 1.33 bits per heavy atom. The van der Waals surface area contributed by atoms with Gasteiger partial charge >= 0.3 is 2.85 Å². The maximum Gasteiger partial charge on any atom is 1.00 e. The quantitative estimate of drug-likeness (QED) is 0.225. The first-order chi connectivity index (χ1) is 4.06. The van der Waals surface area contributed by atoms with Crippen LogP contribution in [0.5, 0.6) is 0 Å². The van der Waals surface area contributed by atoms with Crippen LogP contribution in [0.25, 0.3) is 0 Å². The predicted molar refractivity (Wildman–Crippen MR) is 26.4 cm³/mol. The molecule has 0 aromatic heterocycles. The van der Waals surface area contributed by atoms with E-state index in [9.17, 15) is 0 Å². The van der Waals surface area contributed by atoms with Crippen molar-refractivity contribution >= 4 is 20.2 Å². The number of hydrogen-bond donors (Lipinski definition) is 2. The first-order valence-electron chi connectivity index (χ1n) is 1.20. The molecule has 0 radical (unpaired) electrons. The van der Waals surface area contributed by atoms with Gasteiger partial charge < -0.3 is 9.11 Å². The molecule has 0 aliphatic heterocycles. The van der Waals surface area contributed by atoms with Gasteiger partial charge in [-0.15, -0.1) is 0 Å². The minimum atomic E-state index is -2.95. The lowest BCUT2D eigenvalue weighted by atomic mass is 14.6. The van der Waals surface area contributed by atoms with Gasteiger partial charge in [-0.05, 0) is 0 Å². The smallest absolute Gasteiger partial charge is 0.763 e. The molecule has 0 aromatic rings. The molecule has 0 aromatic carbocycles. The molecule has 2 atom stereocenters. The third kappa shape index (κ3) is 17.9. The zero-order chi connectivity index (χ0) is 7.86. The van der Waals surface area contributed by atoms with Crippen molar-refractivity contribution in [2.45, 2.75) is 0 Å². The van der Waals surface area contributed by atoms with E-state index in [4.69, 9.17) is 28.0 Å². The van der Waals surface area contributed by atoms with Gasteiger partial charge in [0.05, 0.1) is 0 Å². The van der Waals surface area contributed by atoms with Crippen LogP contribution in [0.15, 0.2) is 0 Å². The van der Waals surface area contributed by atoms with Crippen molar-refractivity contribution in [3.63, 3.8) is 0 Å². The molecular formula is H4O7S2. The summed E-state index contributed by atoms with van der Waals surface area (Å²) in [6.45, 7) is 0. The molecule has 0 spiro atoms. The molecule has 0 aliphatic carbocycles. The Morgan fingerprint density at radius 1 is 1.22 bits per heavy atom. The second-order valence-corrected chi connectivity index (χ2v) is 2.94. The Morgan fingerprint density at radius 3 is 1.33 bits per heavy atom.